The zero-order valence-corrected chi connectivity index (χ0v) is 19.3. The Morgan fingerprint density at radius 2 is 1.79 bits per heavy atom. The van der Waals surface area contributed by atoms with Crippen molar-refractivity contribution in [3.05, 3.63) is 59.2 Å². The van der Waals surface area contributed by atoms with Gasteiger partial charge < -0.3 is 19.5 Å². The molecule has 0 aliphatic rings. The fourth-order valence-corrected chi connectivity index (χ4v) is 3.02. The van der Waals surface area contributed by atoms with Crippen LogP contribution in [0.5, 0.6) is 11.5 Å². The molecule has 0 aromatic heterocycles. The first-order valence-electron chi connectivity index (χ1n) is 11.0. The van der Waals surface area contributed by atoms with Gasteiger partial charge in [-0.05, 0) is 61.4 Å². The van der Waals surface area contributed by atoms with E-state index in [0.29, 0.717) is 34.9 Å². The van der Waals surface area contributed by atoms with Gasteiger partial charge in [0, 0.05) is 5.69 Å². The van der Waals surface area contributed by atoms with E-state index in [9.17, 15) is 14.9 Å². The second-order valence-corrected chi connectivity index (χ2v) is 7.24. The van der Waals surface area contributed by atoms with Crippen LogP contribution in [0, 0.1) is 11.3 Å². The van der Waals surface area contributed by atoms with Crippen LogP contribution < -0.4 is 14.8 Å². The molecule has 0 fully saturated rings. The lowest BCUT2D eigenvalue weighted by Gasteiger charge is -2.11. The third-order valence-electron chi connectivity index (χ3n) is 4.77. The summed E-state index contributed by atoms with van der Waals surface area (Å²) in [5, 5.41) is 12.1. The smallest absolute Gasteiger partial charge is 0.338 e. The van der Waals surface area contributed by atoms with Gasteiger partial charge in [-0.1, -0.05) is 32.3 Å². The summed E-state index contributed by atoms with van der Waals surface area (Å²) in [6, 6.07) is 13.4. The van der Waals surface area contributed by atoms with Crippen LogP contribution in [0.1, 0.15) is 55.5 Å². The number of nitriles is 1. The molecule has 2 aromatic carbocycles. The fourth-order valence-electron chi connectivity index (χ4n) is 3.02. The molecule has 0 saturated heterocycles. The molecular weight excluding hydrogens is 420 g/mol. The predicted molar refractivity (Wildman–Crippen MR) is 127 cm³/mol. The summed E-state index contributed by atoms with van der Waals surface area (Å²) in [4.78, 5) is 24.3. The molecule has 0 aliphatic heterocycles. The molecule has 0 bridgehead atoms. The number of hydrogen-bond donors (Lipinski definition) is 1. The second-order valence-electron chi connectivity index (χ2n) is 7.24. The number of amides is 1. The Kier molecular flexibility index (Phi) is 10.5. The molecule has 0 unspecified atom stereocenters. The van der Waals surface area contributed by atoms with Gasteiger partial charge in [0.1, 0.15) is 11.6 Å². The Balaban J connectivity index is 2.07. The van der Waals surface area contributed by atoms with Gasteiger partial charge in [-0.15, -0.1) is 0 Å². The topological polar surface area (TPSA) is 97.7 Å². The number of hydrogen-bond acceptors (Lipinski definition) is 6. The van der Waals surface area contributed by atoms with Gasteiger partial charge in [0.25, 0.3) is 5.91 Å². The molecule has 174 valence electrons. The van der Waals surface area contributed by atoms with Crippen LogP contribution in [0.15, 0.2) is 48.0 Å². The van der Waals surface area contributed by atoms with Crippen molar-refractivity contribution in [1.82, 2.24) is 0 Å². The number of anilines is 1. The van der Waals surface area contributed by atoms with Gasteiger partial charge in [0.15, 0.2) is 11.5 Å². The molecule has 0 saturated carbocycles. The largest absolute Gasteiger partial charge is 0.493 e. The normalized spacial score (nSPS) is 10.8. The number of nitrogens with zero attached hydrogens (tertiary/aromatic N) is 1. The number of esters is 1. The van der Waals surface area contributed by atoms with Crippen LogP contribution in [0.4, 0.5) is 5.69 Å². The average molecular weight is 451 g/mol. The first kappa shape index (κ1) is 25.5. The van der Waals surface area contributed by atoms with Crippen molar-refractivity contribution >= 4 is 23.6 Å². The van der Waals surface area contributed by atoms with Crippen molar-refractivity contribution in [2.24, 2.45) is 0 Å². The number of unbranched alkanes of at least 4 members (excludes halogenated alkanes) is 3. The molecule has 1 amide bonds. The third kappa shape index (κ3) is 8.00. The fraction of sp³-hybridized carbons (Fsp3) is 0.346. The Morgan fingerprint density at radius 3 is 2.42 bits per heavy atom. The van der Waals surface area contributed by atoms with Gasteiger partial charge in [0.05, 0.1) is 25.9 Å². The molecular formula is C26H30N2O5. The summed E-state index contributed by atoms with van der Waals surface area (Å²) in [7, 11) is 1.55. The van der Waals surface area contributed by atoms with Gasteiger partial charge >= 0.3 is 5.97 Å². The van der Waals surface area contributed by atoms with Gasteiger partial charge in [-0.2, -0.15) is 5.26 Å². The molecule has 33 heavy (non-hydrogen) atoms. The highest BCUT2D eigenvalue weighted by atomic mass is 16.5. The SMILES string of the molecule is CCCCCCOc1ccc(/C=C(\C#N)C(=O)Nc2ccc(C(=O)OCC)cc2)cc1OC. The molecule has 2 aromatic rings. The van der Waals surface area contributed by atoms with Crippen LogP contribution in [-0.4, -0.2) is 32.2 Å². The van der Waals surface area contributed by atoms with Crippen molar-refractivity contribution in [3.8, 4) is 17.6 Å². The minimum atomic E-state index is -0.559. The lowest BCUT2D eigenvalue weighted by atomic mass is 10.1. The second kappa shape index (κ2) is 13.6. The highest BCUT2D eigenvalue weighted by molar-refractivity contribution is 6.09. The zero-order chi connectivity index (χ0) is 24.1. The van der Waals surface area contributed by atoms with Crippen LogP contribution in [0.2, 0.25) is 0 Å². The van der Waals surface area contributed by atoms with E-state index in [0.717, 1.165) is 19.3 Å². The summed E-state index contributed by atoms with van der Waals surface area (Å²) < 4.78 is 16.2. The van der Waals surface area contributed by atoms with E-state index >= 15 is 0 Å². The van der Waals surface area contributed by atoms with Crippen molar-refractivity contribution in [3.63, 3.8) is 0 Å². The Labute approximate surface area is 195 Å². The molecule has 7 heteroatoms. The van der Waals surface area contributed by atoms with Crippen LogP contribution in [0.3, 0.4) is 0 Å². The molecule has 2 rings (SSSR count). The summed E-state index contributed by atoms with van der Waals surface area (Å²) >= 11 is 0. The van der Waals surface area contributed by atoms with Gasteiger partial charge in [0.2, 0.25) is 0 Å². The Bertz CT molecular complexity index is 1010. The first-order valence-corrected chi connectivity index (χ1v) is 11.0. The minimum absolute atomic E-state index is 0.0697. The van der Waals surface area contributed by atoms with Crippen LogP contribution >= 0.6 is 0 Å². The lowest BCUT2D eigenvalue weighted by molar-refractivity contribution is -0.112. The highest BCUT2D eigenvalue weighted by Gasteiger charge is 2.12. The van der Waals surface area contributed by atoms with Crippen molar-refractivity contribution in [2.75, 3.05) is 25.6 Å². The predicted octanol–water partition coefficient (Wildman–Crippen LogP) is 5.38. The number of benzene rings is 2. The summed E-state index contributed by atoms with van der Waals surface area (Å²) in [5.41, 5.74) is 1.40. The summed E-state index contributed by atoms with van der Waals surface area (Å²) in [6.07, 6.45) is 5.91. The molecule has 0 atom stereocenters. The van der Waals surface area contributed by atoms with Crippen LogP contribution in [-0.2, 0) is 9.53 Å². The number of rotatable bonds is 12. The quantitative estimate of drug-likeness (QED) is 0.202. The van der Waals surface area contributed by atoms with E-state index in [1.807, 2.05) is 6.07 Å². The summed E-state index contributed by atoms with van der Waals surface area (Å²) in [6.45, 7) is 4.78. The Morgan fingerprint density at radius 1 is 1.03 bits per heavy atom. The van der Waals surface area contributed by atoms with E-state index in [2.05, 4.69) is 12.2 Å². The van der Waals surface area contributed by atoms with E-state index < -0.39 is 11.9 Å². The summed E-state index contributed by atoms with van der Waals surface area (Å²) in [5.74, 6) is 0.161. The van der Waals surface area contributed by atoms with E-state index in [-0.39, 0.29) is 12.2 Å². The zero-order valence-electron chi connectivity index (χ0n) is 19.3. The molecule has 0 radical (unpaired) electrons. The number of methoxy groups -OCH3 is 1. The molecule has 7 nitrogen and oxygen atoms in total. The highest BCUT2D eigenvalue weighted by Crippen LogP contribution is 2.29. The average Bonchev–Trinajstić information content (AvgIpc) is 2.83. The molecule has 0 aliphatic carbocycles. The number of ether oxygens (including phenoxy) is 3. The van der Waals surface area contributed by atoms with E-state index in [4.69, 9.17) is 14.2 Å². The maximum atomic E-state index is 12.6. The molecule has 0 heterocycles. The number of nitrogens with one attached hydrogen (secondary N) is 1. The lowest BCUT2D eigenvalue weighted by Crippen LogP contribution is -2.13. The maximum Gasteiger partial charge on any atom is 0.338 e. The number of carbonyl (C=O) groups excluding carboxylic acids is 2. The van der Waals surface area contributed by atoms with Crippen molar-refractivity contribution < 1.29 is 23.8 Å². The van der Waals surface area contributed by atoms with Crippen molar-refractivity contribution in [1.29, 1.82) is 5.26 Å². The number of carbonyl (C=O) groups is 2. The monoisotopic (exact) mass is 450 g/mol. The first-order chi connectivity index (χ1) is 16.0. The third-order valence-corrected chi connectivity index (χ3v) is 4.77. The molecule has 1 N–H and O–H groups in total. The Hall–Kier alpha value is -3.79. The van der Waals surface area contributed by atoms with E-state index in [1.54, 1.807) is 56.5 Å². The van der Waals surface area contributed by atoms with Gasteiger partial charge in [-0.3, -0.25) is 4.79 Å². The van der Waals surface area contributed by atoms with Gasteiger partial charge in [-0.25, -0.2) is 4.79 Å². The maximum absolute atomic E-state index is 12.6. The van der Waals surface area contributed by atoms with Crippen LogP contribution in [0.25, 0.3) is 6.08 Å². The van der Waals surface area contributed by atoms with Crippen molar-refractivity contribution in [2.45, 2.75) is 39.5 Å². The van der Waals surface area contributed by atoms with E-state index in [1.165, 1.54) is 12.5 Å². The standard InChI is InChI=1S/C26H30N2O5/c1-4-6-7-8-15-33-23-14-9-19(17-24(23)31-3)16-21(18-27)25(29)28-22-12-10-20(11-13-22)26(30)32-5-2/h9-14,16-17H,4-8,15H2,1-3H3,(H,28,29)/b21-16+. The molecule has 0 spiro atoms. The minimum Gasteiger partial charge on any atom is -0.493 e.